The maximum absolute atomic E-state index is 13.6. The Balaban J connectivity index is 1.87. The maximum atomic E-state index is 13.6. The second kappa shape index (κ2) is 7.82. The number of benzene rings is 2. The molecule has 1 atom stereocenters. The molecule has 0 amide bonds. The Hall–Kier alpha value is -2.35. The summed E-state index contributed by atoms with van der Waals surface area (Å²) in [5.74, 6) is 1.26. The van der Waals surface area contributed by atoms with Crippen molar-refractivity contribution in [2.75, 3.05) is 20.8 Å². The summed E-state index contributed by atoms with van der Waals surface area (Å²) in [6.45, 7) is 2.35. The molecule has 0 saturated heterocycles. The lowest BCUT2D eigenvalue weighted by Gasteiger charge is -2.36. The Morgan fingerprint density at radius 2 is 1.72 bits per heavy atom. The third kappa shape index (κ3) is 3.54. The monoisotopic (exact) mass is 429 g/mol. The summed E-state index contributed by atoms with van der Waals surface area (Å²) in [5.41, 5.74) is 3.04. The second-order valence-electron chi connectivity index (χ2n) is 7.00. The van der Waals surface area contributed by atoms with Gasteiger partial charge in [-0.3, -0.25) is 0 Å². The van der Waals surface area contributed by atoms with E-state index in [2.05, 4.69) is 0 Å². The fraction of sp³-hybridized carbons (Fsp3) is 0.273. The van der Waals surface area contributed by atoms with Gasteiger partial charge in [0.05, 0.1) is 25.2 Å². The highest BCUT2D eigenvalue weighted by atomic mass is 32.2. The summed E-state index contributed by atoms with van der Waals surface area (Å²) in [6, 6.07) is 14.4. The Morgan fingerprint density at radius 3 is 2.34 bits per heavy atom. The molecule has 2 heterocycles. The summed E-state index contributed by atoms with van der Waals surface area (Å²) in [4.78, 5) is 1.29. The highest BCUT2D eigenvalue weighted by Crippen LogP contribution is 2.44. The molecule has 5 nitrogen and oxygen atoms in total. The highest BCUT2D eigenvalue weighted by Gasteiger charge is 2.38. The molecule has 0 radical (unpaired) electrons. The van der Waals surface area contributed by atoms with E-state index in [1.54, 1.807) is 42.0 Å². The first kappa shape index (κ1) is 19.9. The molecule has 1 aliphatic heterocycles. The third-order valence-corrected chi connectivity index (χ3v) is 8.07. The quantitative estimate of drug-likeness (QED) is 0.603. The molecule has 4 rings (SSSR count). The smallest absolute Gasteiger partial charge is 0.243 e. The van der Waals surface area contributed by atoms with Gasteiger partial charge in [-0.15, -0.1) is 11.3 Å². The van der Waals surface area contributed by atoms with Crippen LogP contribution in [0.2, 0.25) is 0 Å². The van der Waals surface area contributed by atoms with Gasteiger partial charge in [-0.2, -0.15) is 4.31 Å². The minimum atomic E-state index is -3.66. The van der Waals surface area contributed by atoms with E-state index < -0.39 is 16.1 Å². The van der Waals surface area contributed by atoms with Gasteiger partial charge < -0.3 is 9.47 Å². The van der Waals surface area contributed by atoms with Gasteiger partial charge in [0.15, 0.2) is 11.5 Å². The first-order valence-corrected chi connectivity index (χ1v) is 11.6. The molecular weight excluding hydrogens is 406 g/mol. The lowest BCUT2D eigenvalue weighted by Crippen LogP contribution is -2.40. The van der Waals surface area contributed by atoms with Crippen molar-refractivity contribution < 1.29 is 17.9 Å². The van der Waals surface area contributed by atoms with Crippen molar-refractivity contribution in [3.8, 4) is 11.5 Å². The normalized spacial score (nSPS) is 17.0. The van der Waals surface area contributed by atoms with E-state index in [1.165, 1.54) is 0 Å². The number of methoxy groups -OCH3 is 2. The first-order valence-electron chi connectivity index (χ1n) is 9.32. The van der Waals surface area contributed by atoms with Crippen LogP contribution in [0.4, 0.5) is 0 Å². The number of hydrogen-bond donors (Lipinski definition) is 0. The number of sulfonamides is 1. The van der Waals surface area contributed by atoms with Crippen LogP contribution in [0.3, 0.4) is 0 Å². The zero-order valence-electron chi connectivity index (χ0n) is 16.6. The van der Waals surface area contributed by atoms with Crippen molar-refractivity contribution >= 4 is 21.4 Å². The number of aryl methyl sites for hydroxylation is 1. The van der Waals surface area contributed by atoms with Crippen molar-refractivity contribution in [2.24, 2.45) is 0 Å². The number of fused-ring (bicyclic) bond motifs is 1. The molecule has 1 aromatic heterocycles. The zero-order chi connectivity index (χ0) is 20.6. The maximum Gasteiger partial charge on any atom is 0.243 e. The molecule has 1 aliphatic rings. The Morgan fingerprint density at radius 1 is 1.03 bits per heavy atom. The van der Waals surface area contributed by atoms with E-state index >= 15 is 0 Å². The standard InChI is InChI=1S/C22H23NO4S2/c1-15-6-8-17(9-7-15)29(24,25)23-11-10-16-13-19(26-2)20(27-3)14-18(16)22(23)21-5-4-12-28-21/h4-9,12-14,22H,10-11H2,1-3H3/t22-/m1/s1. The van der Waals surface area contributed by atoms with Crippen LogP contribution in [-0.2, 0) is 16.4 Å². The number of thiophene rings is 1. The lowest BCUT2D eigenvalue weighted by atomic mass is 9.92. The minimum Gasteiger partial charge on any atom is -0.493 e. The third-order valence-electron chi connectivity index (χ3n) is 5.27. The summed E-state index contributed by atoms with van der Waals surface area (Å²) in [5, 5.41) is 1.97. The van der Waals surface area contributed by atoms with Crippen LogP contribution in [0.5, 0.6) is 11.5 Å². The van der Waals surface area contributed by atoms with Crippen LogP contribution in [-0.4, -0.2) is 33.5 Å². The second-order valence-corrected chi connectivity index (χ2v) is 9.87. The summed E-state index contributed by atoms with van der Waals surface area (Å²) in [7, 11) is -0.464. The minimum absolute atomic E-state index is 0.314. The van der Waals surface area contributed by atoms with Gasteiger partial charge in [0.1, 0.15) is 0 Å². The van der Waals surface area contributed by atoms with Gasteiger partial charge in [-0.1, -0.05) is 23.8 Å². The molecule has 152 valence electrons. The van der Waals surface area contributed by atoms with Crippen molar-refractivity contribution in [3.05, 3.63) is 75.5 Å². The Bertz CT molecular complexity index is 1110. The van der Waals surface area contributed by atoms with Crippen molar-refractivity contribution in [1.82, 2.24) is 4.31 Å². The van der Waals surface area contributed by atoms with Crippen LogP contribution in [0.25, 0.3) is 0 Å². The average Bonchev–Trinajstić information content (AvgIpc) is 3.26. The molecule has 0 bridgehead atoms. The van der Waals surface area contributed by atoms with E-state index in [4.69, 9.17) is 9.47 Å². The SMILES string of the molecule is COc1cc2c(cc1OC)[C@H](c1cccs1)N(S(=O)(=O)c1ccc(C)cc1)CC2. The van der Waals surface area contributed by atoms with Crippen LogP contribution < -0.4 is 9.47 Å². The largest absolute Gasteiger partial charge is 0.493 e. The summed E-state index contributed by atoms with van der Waals surface area (Å²) >= 11 is 1.56. The first-order chi connectivity index (χ1) is 14.0. The van der Waals surface area contributed by atoms with Crippen molar-refractivity contribution in [3.63, 3.8) is 0 Å². The highest BCUT2D eigenvalue weighted by molar-refractivity contribution is 7.89. The lowest BCUT2D eigenvalue weighted by molar-refractivity contribution is 0.334. The molecule has 0 saturated carbocycles. The van der Waals surface area contributed by atoms with Gasteiger partial charge in [-0.25, -0.2) is 8.42 Å². The number of ether oxygens (including phenoxy) is 2. The molecule has 0 unspecified atom stereocenters. The Labute approximate surface area is 175 Å². The van der Waals surface area contributed by atoms with Crippen LogP contribution >= 0.6 is 11.3 Å². The van der Waals surface area contributed by atoms with E-state index in [9.17, 15) is 8.42 Å². The molecule has 29 heavy (non-hydrogen) atoms. The molecule has 2 aromatic carbocycles. The zero-order valence-corrected chi connectivity index (χ0v) is 18.2. The number of nitrogens with zero attached hydrogens (tertiary/aromatic N) is 1. The fourth-order valence-corrected chi connectivity index (χ4v) is 6.28. The van der Waals surface area contributed by atoms with E-state index in [-0.39, 0.29) is 0 Å². The van der Waals surface area contributed by atoms with E-state index in [0.29, 0.717) is 29.4 Å². The van der Waals surface area contributed by atoms with Gasteiger partial charge >= 0.3 is 0 Å². The summed E-state index contributed by atoms with van der Waals surface area (Å²) in [6.07, 6.45) is 0.614. The van der Waals surface area contributed by atoms with Crippen molar-refractivity contribution in [2.45, 2.75) is 24.3 Å². The van der Waals surface area contributed by atoms with Crippen molar-refractivity contribution in [1.29, 1.82) is 0 Å². The number of hydrogen-bond acceptors (Lipinski definition) is 5. The summed E-state index contributed by atoms with van der Waals surface area (Å²) < 4.78 is 39.7. The predicted octanol–water partition coefficient (Wildman–Crippen LogP) is 4.41. The van der Waals surface area contributed by atoms with E-state index in [1.807, 2.05) is 48.7 Å². The van der Waals surface area contributed by atoms with Gasteiger partial charge in [0.25, 0.3) is 0 Å². The van der Waals surface area contributed by atoms with E-state index in [0.717, 1.165) is 21.6 Å². The van der Waals surface area contributed by atoms with Gasteiger partial charge in [0, 0.05) is 11.4 Å². The molecular formula is C22H23NO4S2. The average molecular weight is 430 g/mol. The Kier molecular flexibility index (Phi) is 5.38. The van der Waals surface area contributed by atoms with Crippen LogP contribution in [0.1, 0.15) is 27.6 Å². The number of rotatable bonds is 5. The van der Waals surface area contributed by atoms with Gasteiger partial charge in [-0.05, 0) is 60.2 Å². The molecule has 0 fully saturated rings. The predicted molar refractivity (Wildman–Crippen MR) is 114 cm³/mol. The molecule has 0 spiro atoms. The topological polar surface area (TPSA) is 55.8 Å². The molecule has 0 N–H and O–H groups in total. The molecule has 7 heteroatoms. The van der Waals surface area contributed by atoms with Gasteiger partial charge in [0.2, 0.25) is 10.0 Å². The molecule has 0 aliphatic carbocycles. The molecule has 3 aromatic rings. The van der Waals surface area contributed by atoms with Crippen LogP contribution in [0, 0.1) is 6.92 Å². The fourth-order valence-electron chi connectivity index (χ4n) is 3.77. The van der Waals surface area contributed by atoms with Crippen LogP contribution in [0.15, 0.2) is 58.8 Å².